The van der Waals surface area contributed by atoms with Crippen molar-refractivity contribution >= 4 is 40.0 Å². The summed E-state index contributed by atoms with van der Waals surface area (Å²) < 4.78 is 74.6. The van der Waals surface area contributed by atoms with Crippen molar-refractivity contribution in [1.82, 2.24) is 14.9 Å². The minimum absolute atomic E-state index is 0. The van der Waals surface area contributed by atoms with Crippen molar-refractivity contribution in [3.8, 4) is 5.75 Å². The van der Waals surface area contributed by atoms with Crippen molar-refractivity contribution in [3.63, 3.8) is 0 Å². The highest BCUT2D eigenvalue weighted by molar-refractivity contribution is 14.0. The average molecular weight is 568 g/mol. The van der Waals surface area contributed by atoms with Crippen molar-refractivity contribution in [3.05, 3.63) is 29.6 Å². The number of piperidine rings is 1. The summed E-state index contributed by atoms with van der Waals surface area (Å²) in [5, 5.41) is 15.3. The maximum Gasteiger partial charge on any atom is 0.511 e. The third kappa shape index (κ3) is 7.11. The van der Waals surface area contributed by atoms with Crippen molar-refractivity contribution < 1.29 is 31.1 Å². The molecule has 0 aliphatic carbocycles. The first-order valence-corrected chi connectivity index (χ1v) is 10.5. The topological polar surface area (TPSA) is 94.0 Å². The monoisotopic (exact) mass is 568 g/mol. The predicted octanol–water partition coefficient (Wildman–Crippen LogP) is 2.77. The lowest BCUT2D eigenvalue weighted by molar-refractivity contribution is -0.0496. The van der Waals surface area contributed by atoms with Crippen molar-refractivity contribution in [1.29, 1.82) is 0 Å². The molecule has 0 atom stereocenters. The number of aliphatic imine (C=N–C) groups is 1. The lowest BCUT2D eigenvalue weighted by Crippen LogP contribution is -2.47. The van der Waals surface area contributed by atoms with Crippen LogP contribution in [0.4, 0.5) is 17.6 Å². The zero-order valence-electron chi connectivity index (χ0n) is 16.2. The van der Waals surface area contributed by atoms with Crippen molar-refractivity contribution in [2.24, 2.45) is 10.9 Å². The summed E-state index contributed by atoms with van der Waals surface area (Å²) >= 11 is 0. The van der Waals surface area contributed by atoms with Crippen LogP contribution in [-0.2, 0) is 16.6 Å². The zero-order chi connectivity index (χ0) is 21.7. The number of aromatic hydroxyl groups is 1. The Hall–Kier alpha value is -1.35. The Labute approximate surface area is 190 Å². The van der Waals surface area contributed by atoms with Crippen LogP contribution in [0, 0.1) is 11.7 Å². The summed E-state index contributed by atoms with van der Waals surface area (Å²) in [5.41, 5.74) is -4.72. The molecule has 1 aromatic rings. The van der Waals surface area contributed by atoms with Gasteiger partial charge in [-0.2, -0.15) is 17.5 Å². The van der Waals surface area contributed by atoms with E-state index >= 15 is 0 Å². The number of alkyl halides is 3. The number of nitrogens with one attached hydrogen (secondary N) is 2. The van der Waals surface area contributed by atoms with Crippen LogP contribution in [-0.4, -0.2) is 55.5 Å². The smallest absolute Gasteiger partial charge is 0.505 e. The van der Waals surface area contributed by atoms with Gasteiger partial charge in [0.2, 0.25) is 0 Å². The van der Waals surface area contributed by atoms with Crippen LogP contribution < -0.4 is 10.6 Å². The molecule has 1 aromatic carbocycles. The normalized spacial score (nSPS) is 16.8. The standard InChI is InChI=1S/C17H24F4N4O3S.HI/c1-2-22-16(24-11-13-3-4-15(26)14(18)9-13)23-10-12-5-7-25(8-6-12)29(27,28)17(19,20)21;/h3-4,9,12,26H,2,5-8,10-11H2,1H3,(H2,22,23,24);1H. The van der Waals surface area contributed by atoms with E-state index in [0.29, 0.717) is 41.8 Å². The summed E-state index contributed by atoms with van der Waals surface area (Å²) in [4.78, 5) is 4.32. The second-order valence-electron chi connectivity index (χ2n) is 6.66. The maximum absolute atomic E-state index is 13.4. The lowest BCUT2D eigenvalue weighted by Gasteiger charge is -2.31. The van der Waals surface area contributed by atoms with E-state index in [4.69, 9.17) is 0 Å². The Morgan fingerprint density at radius 1 is 1.27 bits per heavy atom. The third-order valence-electron chi connectivity index (χ3n) is 4.54. The number of halogens is 5. The molecule has 1 fully saturated rings. The minimum atomic E-state index is -5.28. The van der Waals surface area contributed by atoms with E-state index in [-0.39, 0.29) is 49.5 Å². The molecule has 7 nitrogen and oxygen atoms in total. The van der Waals surface area contributed by atoms with Crippen LogP contribution in [0.15, 0.2) is 23.2 Å². The number of hydrogen-bond acceptors (Lipinski definition) is 4. The van der Waals surface area contributed by atoms with Crippen LogP contribution in [0.2, 0.25) is 0 Å². The molecular weight excluding hydrogens is 543 g/mol. The number of nitrogens with zero attached hydrogens (tertiary/aromatic N) is 2. The Kier molecular flexibility index (Phi) is 10.1. The Morgan fingerprint density at radius 2 is 1.90 bits per heavy atom. The summed E-state index contributed by atoms with van der Waals surface area (Å²) in [6.45, 7) is 2.63. The second kappa shape index (κ2) is 11.3. The quantitative estimate of drug-likeness (QED) is 0.213. The largest absolute Gasteiger partial charge is 0.511 e. The zero-order valence-corrected chi connectivity index (χ0v) is 19.4. The minimum Gasteiger partial charge on any atom is -0.505 e. The van der Waals surface area contributed by atoms with Gasteiger partial charge in [-0.1, -0.05) is 6.07 Å². The summed E-state index contributed by atoms with van der Waals surface area (Å²) in [6, 6.07) is 3.96. The van der Waals surface area contributed by atoms with Crippen LogP contribution in [0.1, 0.15) is 25.3 Å². The molecule has 172 valence electrons. The molecule has 0 unspecified atom stereocenters. The van der Waals surface area contributed by atoms with E-state index in [1.165, 1.54) is 12.1 Å². The molecule has 1 heterocycles. The lowest BCUT2D eigenvalue weighted by atomic mass is 9.98. The van der Waals surface area contributed by atoms with Crippen LogP contribution >= 0.6 is 24.0 Å². The van der Waals surface area contributed by atoms with Gasteiger partial charge < -0.3 is 15.7 Å². The first-order valence-electron chi connectivity index (χ1n) is 9.10. The van der Waals surface area contributed by atoms with Crippen LogP contribution in [0.5, 0.6) is 5.75 Å². The number of sulfonamides is 1. The Bertz CT molecular complexity index is 829. The highest BCUT2D eigenvalue weighted by atomic mass is 127. The summed E-state index contributed by atoms with van der Waals surface area (Å²) in [6.07, 6.45) is 0.593. The van der Waals surface area contributed by atoms with Gasteiger partial charge in [0.15, 0.2) is 17.5 Å². The van der Waals surface area contributed by atoms with Gasteiger partial charge in [-0.3, -0.25) is 0 Å². The molecule has 0 amide bonds. The summed E-state index contributed by atoms with van der Waals surface area (Å²) in [7, 11) is -5.28. The summed E-state index contributed by atoms with van der Waals surface area (Å²) in [5.74, 6) is -0.742. The number of hydrogen-bond donors (Lipinski definition) is 3. The number of phenols is 1. The molecule has 0 saturated carbocycles. The maximum atomic E-state index is 13.4. The fourth-order valence-electron chi connectivity index (χ4n) is 2.90. The first kappa shape index (κ1) is 26.7. The van der Waals surface area contributed by atoms with E-state index in [0.717, 1.165) is 0 Å². The van der Waals surface area contributed by atoms with E-state index < -0.39 is 27.1 Å². The van der Waals surface area contributed by atoms with Gasteiger partial charge in [-0.05, 0) is 43.4 Å². The first-order chi connectivity index (χ1) is 13.5. The molecule has 1 aliphatic heterocycles. The molecular formula is C17H25F4IN4O3S. The molecule has 2 rings (SSSR count). The second-order valence-corrected chi connectivity index (χ2v) is 8.58. The van der Waals surface area contributed by atoms with Gasteiger partial charge in [0.1, 0.15) is 0 Å². The van der Waals surface area contributed by atoms with Gasteiger partial charge in [-0.25, -0.2) is 17.8 Å². The van der Waals surface area contributed by atoms with Gasteiger partial charge in [0.05, 0.1) is 6.54 Å². The highest BCUT2D eigenvalue weighted by Crippen LogP contribution is 2.30. The predicted molar refractivity (Wildman–Crippen MR) is 116 cm³/mol. The van der Waals surface area contributed by atoms with Crippen LogP contribution in [0.25, 0.3) is 0 Å². The van der Waals surface area contributed by atoms with E-state index in [1.54, 1.807) is 6.07 Å². The number of benzene rings is 1. The van der Waals surface area contributed by atoms with E-state index in [2.05, 4.69) is 15.6 Å². The van der Waals surface area contributed by atoms with Crippen molar-refractivity contribution in [2.45, 2.75) is 31.8 Å². The van der Waals surface area contributed by atoms with Gasteiger partial charge in [0.25, 0.3) is 0 Å². The molecule has 0 radical (unpaired) electrons. The molecule has 13 heteroatoms. The number of phenolic OH excluding ortho intramolecular Hbond substituents is 1. The number of guanidine groups is 1. The molecule has 1 aliphatic rings. The Balaban J connectivity index is 0.00000450. The van der Waals surface area contributed by atoms with Crippen molar-refractivity contribution in [2.75, 3.05) is 26.2 Å². The van der Waals surface area contributed by atoms with E-state index in [9.17, 15) is 31.1 Å². The Morgan fingerprint density at radius 3 is 2.43 bits per heavy atom. The molecule has 1 saturated heterocycles. The molecule has 30 heavy (non-hydrogen) atoms. The highest BCUT2D eigenvalue weighted by Gasteiger charge is 2.50. The fraction of sp³-hybridized carbons (Fsp3) is 0.588. The van der Waals surface area contributed by atoms with Gasteiger partial charge in [-0.15, -0.1) is 24.0 Å². The molecule has 0 bridgehead atoms. The third-order valence-corrected chi connectivity index (χ3v) is 6.17. The molecule has 3 N–H and O–H groups in total. The molecule has 0 aromatic heterocycles. The molecule has 0 spiro atoms. The van der Waals surface area contributed by atoms with Crippen LogP contribution in [0.3, 0.4) is 0 Å². The van der Waals surface area contributed by atoms with Gasteiger partial charge >= 0.3 is 15.5 Å². The number of rotatable bonds is 6. The fourth-order valence-corrected chi connectivity index (χ4v) is 3.89. The average Bonchev–Trinajstić information content (AvgIpc) is 2.66. The van der Waals surface area contributed by atoms with Gasteiger partial charge in [0, 0.05) is 26.2 Å². The van der Waals surface area contributed by atoms with E-state index in [1.807, 2.05) is 6.92 Å². The SMILES string of the molecule is CCNC(=NCc1ccc(O)c(F)c1)NCC1CCN(S(=O)(=O)C(F)(F)F)CC1.I.